The second-order valence-corrected chi connectivity index (χ2v) is 22.5. The number of nitrogens with one attached hydrogen (secondary N) is 2. The zero-order chi connectivity index (χ0) is 59.5. The summed E-state index contributed by atoms with van der Waals surface area (Å²) in [7, 11) is 5.20. The Morgan fingerprint density at radius 3 is 1.84 bits per heavy atom. The number of methoxy groups -OCH3 is 2. The summed E-state index contributed by atoms with van der Waals surface area (Å²) in [4.78, 5) is 87.0. The molecule has 19 nitrogen and oxygen atoms in total. The molecular weight excluding hydrogens is 1080 g/mol. The summed E-state index contributed by atoms with van der Waals surface area (Å²) in [5.41, 5.74) is 10.0. The van der Waals surface area contributed by atoms with Crippen LogP contribution in [-0.2, 0) is 9.59 Å². The van der Waals surface area contributed by atoms with Gasteiger partial charge in [0.2, 0.25) is 11.8 Å². The number of amides is 5. The molecule has 0 aromatic heterocycles. The maximum atomic E-state index is 14.1. The minimum atomic E-state index is -1.22. The van der Waals surface area contributed by atoms with E-state index < -0.39 is 35.9 Å². The molecule has 5 aromatic carbocycles. The monoisotopic (exact) mass is 1150 g/mol. The number of carbonyl (C=O) groups is 5. The van der Waals surface area contributed by atoms with Crippen LogP contribution in [-0.4, -0.2) is 165 Å². The van der Waals surface area contributed by atoms with Crippen molar-refractivity contribution in [1.82, 2.24) is 30.2 Å². The molecule has 440 valence electrons. The molecule has 19 heteroatoms. The van der Waals surface area contributed by atoms with Crippen molar-refractivity contribution in [3.8, 4) is 34.1 Å². The highest BCUT2D eigenvalue weighted by atomic mass is 16.5. The molecule has 5 aromatic rings. The van der Waals surface area contributed by atoms with Crippen LogP contribution in [0.1, 0.15) is 83.4 Å². The van der Waals surface area contributed by atoms with E-state index in [4.69, 9.17) is 28.9 Å². The molecule has 3 N–H and O–H groups in total. The van der Waals surface area contributed by atoms with Gasteiger partial charge in [-0.1, -0.05) is 86.7 Å². The minimum Gasteiger partial charge on any atom is -0.493 e. The fraction of sp³-hybridized carbons (Fsp3) is 0.348. The summed E-state index contributed by atoms with van der Waals surface area (Å²) in [6.07, 6.45) is 11.3. The third-order valence-corrected chi connectivity index (χ3v) is 16.7. The molecule has 0 unspecified atom stereocenters. The average Bonchev–Trinajstić information content (AvgIpc) is 4.23. The Morgan fingerprint density at radius 2 is 1.27 bits per heavy atom. The Morgan fingerprint density at radius 1 is 0.706 bits per heavy atom. The molecule has 5 amide bonds. The summed E-state index contributed by atoms with van der Waals surface area (Å²) in [5, 5.41) is 16.1. The van der Waals surface area contributed by atoms with E-state index in [1.54, 1.807) is 73.3 Å². The summed E-state index contributed by atoms with van der Waals surface area (Å²) in [6.45, 7) is 9.94. The Hall–Kier alpha value is -9.23. The normalized spacial score (nSPS) is 18.5. The average molecular weight is 1150 g/mol. The van der Waals surface area contributed by atoms with Crippen LogP contribution in [0.4, 0.5) is 21.9 Å². The Labute approximate surface area is 494 Å². The number of likely N-dealkylation sites (N-methyl/N-ethyl adjacent to an activating group) is 1. The predicted octanol–water partition coefficient (Wildman–Crippen LogP) is 9.08. The first kappa shape index (κ1) is 57.6. The van der Waals surface area contributed by atoms with Gasteiger partial charge in [-0.05, 0) is 89.5 Å². The summed E-state index contributed by atoms with van der Waals surface area (Å²) >= 11 is 0. The van der Waals surface area contributed by atoms with E-state index in [1.165, 1.54) is 24.8 Å². The van der Waals surface area contributed by atoms with E-state index in [0.717, 1.165) is 65.1 Å². The number of ether oxygens (including phenoxy) is 4. The number of carboxylic acid groups (broad SMARTS) is 1. The third-order valence-electron chi connectivity index (χ3n) is 16.7. The highest BCUT2D eigenvalue weighted by Crippen LogP contribution is 2.46. The molecule has 1 saturated heterocycles. The molecule has 0 bridgehead atoms. The van der Waals surface area contributed by atoms with Crippen molar-refractivity contribution < 1.29 is 48.0 Å². The number of allylic oxidation sites excluding steroid dienone is 1. The summed E-state index contributed by atoms with van der Waals surface area (Å²) < 4.78 is 23.8. The van der Waals surface area contributed by atoms with E-state index in [-0.39, 0.29) is 56.1 Å². The van der Waals surface area contributed by atoms with Gasteiger partial charge in [-0.3, -0.25) is 34.1 Å². The van der Waals surface area contributed by atoms with Crippen LogP contribution >= 0.6 is 0 Å². The van der Waals surface area contributed by atoms with E-state index in [0.29, 0.717) is 64.8 Å². The lowest BCUT2D eigenvalue weighted by Crippen LogP contribution is -2.56. The van der Waals surface area contributed by atoms with Crippen molar-refractivity contribution in [2.75, 3.05) is 78.6 Å². The van der Waals surface area contributed by atoms with Gasteiger partial charge in [-0.15, -0.1) is 0 Å². The highest BCUT2D eigenvalue weighted by Gasteiger charge is 2.39. The number of rotatable bonds is 20. The molecule has 6 aliphatic rings. The lowest BCUT2D eigenvalue weighted by atomic mass is 9.94. The van der Waals surface area contributed by atoms with Crippen molar-refractivity contribution in [3.63, 3.8) is 0 Å². The van der Waals surface area contributed by atoms with Crippen LogP contribution < -0.4 is 34.5 Å². The lowest BCUT2D eigenvalue weighted by molar-refractivity contribution is -0.132. The van der Waals surface area contributed by atoms with E-state index in [9.17, 15) is 29.1 Å². The highest BCUT2D eigenvalue weighted by molar-refractivity contribution is 6.06. The smallest absolute Gasteiger partial charge is 0.408 e. The van der Waals surface area contributed by atoms with Gasteiger partial charge in [0.05, 0.1) is 62.0 Å². The zero-order valence-electron chi connectivity index (χ0n) is 48.7. The van der Waals surface area contributed by atoms with Crippen LogP contribution in [0, 0.1) is 5.92 Å². The number of hydrogen-bond acceptors (Lipinski definition) is 13. The standard InChI is InChI=1S/C66H71N9O10/c1-40(2)61(75(66(80)81)39-54-50-16-9-7-14-48(50)49-15-8-10-17-51(49)54)63(77)70-41(3)62(76)67-22-11-13-42-29-46-35-68-55-33-59(57(82-5)31-52(55)64(78)73(46)37-42)84-27-12-28-85-60-34-56-53(32-58(60)83-6)65(79)74-38-44(30-47(74)36-69-56)43-18-20-45(21-19-43)72-25-23-71(4)24-26-72/h7-11,13-21,31-38,40-41,46-47,54,61H,12,22-30,39H2,1-6H3,(H,67,76)(H,70,77)(H,80,81)/b13-11+/t41-,46-,47-,61+/m0/s1. The van der Waals surface area contributed by atoms with Gasteiger partial charge in [0.15, 0.2) is 23.0 Å². The molecular formula is C66H71N9O10. The Kier molecular flexibility index (Phi) is 16.9. The summed E-state index contributed by atoms with van der Waals surface area (Å²) in [6, 6.07) is 28.6. The van der Waals surface area contributed by atoms with Crippen LogP contribution in [0.5, 0.6) is 23.0 Å². The van der Waals surface area contributed by atoms with E-state index in [2.05, 4.69) is 51.7 Å². The van der Waals surface area contributed by atoms with Gasteiger partial charge in [-0.25, -0.2) is 4.79 Å². The zero-order valence-corrected chi connectivity index (χ0v) is 48.7. The van der Waals surface area contributed by atoms with E-state index in [1.807, 2.05) is 67.0 Å². The molecule has 0 radical (unpaired) electrons. The fourth-order valence-corrected chi connectivity index (χ4v) is 12.1. The van der Waals surface area contributed by atoms with Crippen molar-refractivity contribution in [1.29, 1.82) is 0 Å². The fourth-order valence-electron chi connectivity index (χ4n) is 12.1. The Bertz CT molecular complexity index is 3520. The first-order valence-electron chi connectivity index (χ1n) is 29.0. The van der Waals surface area contributed by atoms with Gasteiger partial charge < -0.3 is 54.3 Å². The van der Waals surface area contributed by atoms with Gasteiger partial charge in [0.1, 0.15) is 12.1 Å². The van der Waals surface area contributed by atoms with Crippen molar-refractivity contribution in [2.45, 2.75) is 70.1 Å². The SMILES string of the molecule is COc1cc2c(cc1OCCCOc1cc3c(cc1OC)C(=O)N1C=C(c4ccc(N5CCN(C)CC5)cc4)C[C@H]1C=N3)N=C[C@@H]1CC(/C=C/CNC(=O)[C@H](C)NC(=O)[C@@H](C(C)C)N(CC3c4ccccc4-c4ccccc43)C(=O)O)=CN1C2=O. The van der Waals surface area contributed by atoms with Gasteiger partial charge >= 0.3 is 6.09 Å². The number of carbonyl (C=O) groups excluding carboxylic acids is 4. The molecule has 11 rings (SSSR count). The second-order valence-electron chi connectivity index (χ2n) is 22.5. The largest absolute Gasteiger partial charge is 0.493 e. The lowest BCUT2D eigenvalue weighted by Gasteiger charge is -2.34. The van der Waals surface area contributed by atoms with Crippen LogP contribution in [0.25, 0.3) is 16.7 Å². The second kappa shape index (κ2) is 24.9. The topological polar surface area (TPSA) is 207 Å². The molecule has 0 saturated carbocycles. The van der Waals surface area contributed by atoms with Gasteiger partial charge in [0.25, 0.3) is 11.8 Å². The number of piperazine rings is 1. The molecule has 1 fully saturated rings. The quantitative estimate of drug-likeness (QED) is 0.0624. The van der Waals surface area contributed by atoms with E-state index >= 15 is 0 Å². The van der Waals surface area contributed by atoms with Crippen LogP contribution in [0.15, 0.2) is 137 Å². The first-order valence-corrected chi connectivity index (χ1v) is 29.0. The van der Waals surface area contributed by atoms with Crippen LogP contribution in [0.3, 0.4) is 0 Å². The Balaban J connectivity index is 0.651. The number of fused-ring (bicyclic) bond motifs is 7. The minimum absolute atomic E-state index is 0.0684. The predicted molar refractivity (Wildman–Crippen MR) is 326 cm³/mol. The van der Waals surface area contributed by atoms with Gasteiger partial charge in [0, 0.05) is 101 Å². The molecule has 1 aliphatic carbocycles. The first-order chi connectivity index (χ1) is 41.2. The molecule has 0 spiro atoms. The number of anilines is 1. The molecule has 5 heterocycles. The van der Waals surface area contributed by atoms with Crippen molar-refractivity contribution >= 4 is 64.8 Å². The summed E-state index contributed by atoms with van der Waals surface area (Å²) in [5.74, 6) is -0.434. The molecule has 4 atom stereocenters. The number of nitrogens with zero attached hydrogens (tertiary/aromatic N) is 7. The molecule has 5 aliphatic heterocycles. The number of aliphatic imine (C=N–C) groups is 2. The van der Waals surface area contributed by atoms with Crippen LogP contribution in [0.2, 0.25) is 0 Å². The maximum Gasteiger partial charge on any atom is 0.408 e. The number of hydrogen-bond donors (Lipinski definition) is 3. The van der Waals surface area contributed by atoms with Crippen molar-refractivity contribution in [2.24, 2.45) is 15.9 Å². The molecule has 85 heavy (non-hydrogen) atoms. The van der Waals surface area contributed by atoms with Gasteiger partial charge in [-0.2, -0.15) is 0 Å². The number of benzene rings is 5. The maximum absolute atomic E-state index is 14.1. The third kappa shape index (κ3) is 12.0. The van der Waals surface area contributed by atoms with Crippen molar-refractivity contribution in [3.05, 3.63) is 155 Å².